The standard InChI is InChI=1S/C8H10O3/c9-6-5-7(10)11-8(6)3-1-2-4-8/h5,9H,1-4H2. The van der Waals surface area contributed by atoms with Crippen molar-refractivity contribution in [2.24, 2.45) is 0 Å². The zero-order valence-electron chi connectivity index (χ0n) is 6.17. The Morgan fingerprint density at radius 2 is 2.09 bits per heavy atom. The summed E-state index contributed by atoms with van der Waals surface area (Å²) >= 11 is 0. The van der Waals surface area contributed by atoms with E-state index in [0.29, 0.717) is 0 Å². The van der Waals surface area contributed by atoms with Gasteiger partial charge in [0.15, 0.2) is 5.60 Å². The van der Waals surface area contributed by atoms with Crippen LogP contribution in [0.2, 0.25) is 0 Å². The number of aliphatic hydroxyl groups excluding tert-OH is 1. The van der Waals surface area contributed by atoms with Gasteiger partial charge in [0.05, 0.1) is 6.08 Å². The molecule has 0 unspecified atom stereocenters. The van der Waals surface area contributed by atoms with Crippen molar-refractivity contribution >= 4 is 5.97 Å². The van der Waals surface area contributed by atoms with Gasteiger partial charge in [-0.25, -0.2) is 4.79 Å². The zero-order chi connectivity index (χ0) is 7.90. The Balaban J connectivity index is 2.28. The van der Waals surface area contributed by atoms with Gasteiger partial charge in [-0.1, -0.05) is 0 Å². The molecule has 1 aliphatic carbocycles. The Kier molecular flexibility index (Phi) is 1.22. The molecule has 0 bridgehead atoms. The molecule has 2 aliphatic rings. The lowest BCUT2D eigenvalue weighted by Crippen LogP contribution is -2.27. The summed E-state index contributed by atoms with van der Waals surface area (Å²) in [6.45, 7) is 0. The van der Waals surface area contributed by atoms with Crippen LogP contribution in [0, 0.1) is 0 Å². The molecule has 0 aromatic carbocycles. The number of carbonyl (C=O) groups excluding carboxylic acids is 1. The first-order chi connectivity index (χ1) is 5.23. The number of ether oxygens (including phenoxy) is 1. The van der Waals surface area contributed by atoms with E-state index in [2.05, 4.69) is 0 Å². The first-order valence-corrected chi connectivity index (χ1v) is 3.87. The van der Waals surface area contributed by atoms with Crippen molar-refractivity contribution in [3.63, 3.8) is 0 Å². The molecular formula is C8H10O3. The molecule has 1 saturated carbocycles. The minimum Gasteiger partial charge on any atom is -0.508 e. The number of carbonyl (C=O) groups is 1. The molecule has 1 fully saturated rings. The lowest BCUT2D eigenvalue weighted by molar-refractivity contribution is -0.146. The number of esters is 1. The van der Waals surface area contributed by atoms with Crippen LogP contribution in [-0.2, 0) is 9.53 Å². The van der Waals surface area contributed by atoms with Gasteiger partial charge in [0.1, 0.15) is 5.76 Å². The highest BCUT2D eigenvalue weighted by atomic mass is 16.6. The molecule has 3 nitrogen and oxygen atoms in total. The maximum absolute atomic E-state index is 10.8. The van der Waals surface area contributed by atoms with E-state index in [1.54, 1.807) is 0 Å². The van der Waals surface area contributed by atoms with Gasteiger partial charge in [0, 0.05) is 0 Å². The molecule has 1 N–H and O–H groups in total. The van der Waals surface area contributed by atoms with Crippen LogP contribution in [0.5, 0.6) is 0 Å². The summed E-state index contributed by atoms with van der Waals surface area (Å²) in [7, 11) is 0. The van der Waals surface area contributed by atoms with Gasteiger partial charge in [-0.05, 0) is 25.7 Å². The predicted octanol–water partition coefficient (Wildman–Crippen LogP) is 1.30. The fraction of sp³-hybridized carbons (Fsp3) is 0.625. The molecule has 60 valence electrons. The molecule has 0 amide bonds. The minimum absolute atomic E-state index is 0.125. The van der Waals surface area contributed by atoms with Crippen molar-refractivity contribution in [2.75, 3.05) is 0 Å². The molecule has 1 heterocycles. The van der Waals surface area contributed by atoms with Gasteiger partial charge in [-0.2, -0.15) is 0 Å². The van der Waals surface area contributed by atoms with Crippen LogP contribution in [0.4, 0.5) is 0 Å². The fourth-order valence-corrected chi connectivity index (χ4v) is 1.82. The summed E-state index contributed by atoms with van der Waals surface area (Å²) in [5.41, 5.74) is -0.614. The van der Waals surface area contributed by atoms with Crippen LogP contribution < -0.4 is 0 Å². The molecule has 0 radical (unpaired) electrons. The summed E-state index contributed by atoms with van der Waals surface area (Å²) in [4.78, 5) is 10.8. The van der Waals surface area contributed by atoms with Crippen molar-refractivity contribution in [2.45, 2.75) is 31.3 Å². The van der Waals surface area contributed by atoms with E-state index >= 15 is 0 Å². The molecule has 1 aliphatic heterocycles. The van der Waals surface area contributed by atoms with Crippen molar-refractivity contribution in [1.29, 1.82) is 0 Å². The first kappa shape index (κ1) is 6.70. The number of hydrogen-bond acceptors (Lipinski definition) is 3. The molecule has 3 heteroatoms. The van der Waals surface area contributed by atoms with Crippen LogP contribution in [-0.4, -0.2) is 16.7 Å². The highest BCUT2D eigenvalue weighted by molar-refractivity contribution is 5.86. The van der Waals surface area contributed by atoms with Gasteiger partial charge >= 0.3 is 5.97 Å². The third-order valence-corrected chi connectivity index (χ3v) is 2.43. The normalized spacial score (nSPS) is 27.3. The van der Waals surface area contributed by atoms with Gasteiger partial charge in [-0.3, -0.25) is 0 Å². The smallest absolute Gasteiger partial charge is 0.335 e. The van der Waals surface area contributed by atoms with E-state index in [4.69, 9.17) is 4.74 Å². The van der Waals surface area contributed by atoms with Crippen LogP contribution in [0.3, 0.4) is 0 Å². The van der Waals surface area contributed by atoms with Gasteiger partial charge in [0.2, 0.25) is 0 Å². The Labute approximate surface area is 64.7 Å². The van der Waals surface area contributed by atoms with E-state index in [0.717, 1.165) is 25.7 Å². The quantitative estimate of drug-likeness (QED) is 0.535. The van der Waals surface area contributed by atoms with E-state index in [9.17, 15) is 9.90 Å². The average molecular weight is 154 g/mol. The summed E-state index contributed by atoms with van der Waals surface area (Å²) in [5, 5.41) is 9.37. The zero-order valence-corrected chi connectivity index (χ0v) is 6.17. The number of aliphatic hydroxyl groups is 1. The lowest BCUT2D eigenvalue weighted by atomic mass is 10.0. The summed E-state index contributed by atoms with van der Waals surface area (Å²) in [6, 6.07) is 0. The van der Waals surface area contributed by atoms with E-state index in [1.165, 1.54) is 6.08 Å². The van der Waals surface area contributed by atoms with Gasteiger partial charge < -0.3 is 9.84 Å². The minimum atomic E-state index is -0.614. The first-order valence-electron chi connectivity index (χ1n) is 3.87. The summed E-state index contributed by atoms with van der Waals surface area (Å²) < 4.78 is 5.04. The Morgan fingerprint density at radius 3 is 2.55 bits per heavy atom. The Bertz CT molecular complexity index is 223. The second kappa shape index (κ2) is 2.00. The third-order valence-electron chi connectivity index (χ3n) is 2.43. The predicted molar refractivity (Wildman–Crippen MR) is 38.0 cm³/mol. The van der Waals surface area contributed by atoms with E-state index in [-0.39, 0.29) is 5.76 Å². The monoisotopic (exact) mass is 154 g/mol. The average Bonchev–Trinajstić information content (AvgIpc) is 2.45. The highest BCUT2D eigenvalue weighted by Crippen LogP contribution is 2.41. The van der Waals surface area contributed by atoms with Crippen molar-refractivity contribution in [3.05, 3.63) is 11.8 Å². The molecule has 0 atom stereocenters. The molecular weight excluding hydrogens is 144 g/mol. The van der Waals surface area contributed by atoms with Crippen LogP contribution in [0.25, 0.3) is 0 Å². The molecule has 0 aromatic rings. The second-order valence-electron chi connectivity index (χ2n) is 3.15. The lowest BCUT2D eigenvalue weighted by Gasteiger charge is -2.21. The molecule has 11 heavy (non-hydrogen) atoms. The third kappa shape index (κ3) is 0.836. The molecule has 2 rings (SSSR count). The Hall–Kier alpha value is -0.990. The Morgan fingerprint density at radius 1 is 1.45 bits per heavy atom. The van der Waals surface area contributed by atoms with Crippen molar-refractivity contribution in [3.8, 4) is 0 Å². The maximum atomic E-state index is 10.8. The van der Waals surface area contributed by atoms with E-state index < -0.39 is 11.6 Å². The van der Waals surface area contributed by atoms with Crippen molar-refractivity contribution < 1.29 is 14.6 Å². The maximum Gasteiger partial charge on any atom is 0.335 e. The van der Waals surface area contributed by atoms with Crippen LogP contribution >= 0.6 is 0 Å². The van der Waals surface area contributed by atoms with E-state index in [1.807, 2.05) is 0 Å². The number of hydrogen-bond donors (Lipinski definition) is 1. The largest absolute Gasteiger partial charge is 0.508 e. The van der Waals surface area contributed by atoms with Gasteiger partial charge in [0.25, 0.3) is 0 Å². The topological polar surface area (TPSA) is 46.5 Å². The highest BCUT2D eigenvalue weighted by Gasteiger charge is 2.45. The van der Waals surface area contributed by atoms with Gasteiger partial charge in [-0.15, -0.1) is 0 Å². The van der Waals surface area contributed by atoms with Crippen molar-refractivity contribution in [1.82, 2.24) is 0 Å². The summed E-state index contributed by atoms with van der Waals surface area (Å²) in [5.74, 6) is -0.274. The molecule has 0 saturated heterocycles. The molecule has 1 spiro atoms. The number of rotatable bonds is 0. The second-order valence-corrected chi connectivity index (χ2v) is 3.15. The molecule has 0 aromatic heterocycles. The summed E-state index contributed by atoms with van der Waals surface area (Å²) in [6.07, 6.45) is 4.81. The van der Waals surface area contributed by atoms with Crippen LogP contribution in [0.1, 0.15) is 25.7 Å². The fourth-order valence-electron chi connectivity index (χ4n) is 1.82. The van der Waals surface area contributed by atoms with Crippen LogP contribution in [0.15, 0.2) is 11.8 Å². The SMILES string of the molecule is O=C1C=C(O)C2(CCCC2)O1.